The van der Waals surface area contributed by atoms with Gasteiger partial charge in [-0.25, -0.2) is 0 Å². The van der Waals surface area contributed by atoms with Gasteiger partial charge in [0, 0.05) is 21.3 Å². The molecule has 0 aliphatic heterocycles. The Balaban J connectivity index is 1.45. The predicted molar refractivity (Wildman–Crippen MR) is 149 cm³/mol. The summed E-state index contributed by atoms with van der Waals surface area (Å²) in [6.07, 6.45) is 0. The number of halogens is 2. The zero-order valence-electron chi connectivity index (χ0n) is 19.3. The van der Waals surface area contributed by atoms with E-state index in [0.717, 1.165) is 15.6 Å². The number of hydrazine groups is 1. The Bertz CT molecular complexity index is 1290. The Kier molecular flexibility index (Phi) is 9.57. The van der Waals surface area contributed by atoms with Gasteiger partial charge in [0.1, 0.15) is 5.75 Å². The van der Waals surface area contributed by atoms with Crippen molar-refractivity contribution in [1.29, 1.82) is 0 Å². The van der Waals surface area contributed by atoms with Crippen LogP contribution in [0.15, 0.2) is 69.6 Å². The van der Waals surface area contributed by atoms with Crippen molar-refractivity contribution in [3.05, 3.63) is 91.9 Å². The van der Waals surface area contributed by atoms with Crippen LogP contribution >= 0.6 is 44.1 Å². The number of benzene rings is 3. The molecule has 0 aromatic heterocycles. The largest absolute Gasteiger partial charge is 0.482 e. The van der Waals surface area contributed by atoms with Crippen molar-refractivity contribution < 1.29 is 19.1 Å². The van der Waals surface area contributed by atoms with Gasteiger partial charge in [-0.05, 0) is 95.6 Å². The molecule has 0 fully saturated rings. The van der Waals surface area contributed by atoms with Gasteiger partial charge < -0.3 is 10.1 Å². The molecule has 0 atom stereocenters. The SMILES string of the molecule is Cc1ccccc1C(=O)Nc1ccc(C(=O)NNC(=S)NC(=O)COc2c(C)cc(Br)cc2Br)cc1. The van der Waals surface area contributed by atoms with Crippen LogP contribution in [-0.2, 0) is 4.79 Å². The summed E-state index contributed by atoms with van der Waals surface area (Å²) in [5.74, 6) is -0.669. The molecule has 0 bridgehead atoms. The summed E-state index contributed by atoms with van der Waals surface area (Å²) in [4.78, 5) is 37.0. The van der Waals surface area contributed by atoms with Gasteiger partial charge in [0.15, 0.2) is 11.7 Å². The Morgan fingerprint density at radius 2 is 1.58 bits per heavy atom. The zero-order valence-corrected chi connectivity index (χ0v) is 23.3. The molecule has 11 heteroatoms. The van der Waals surface area contributed by atoms with Crippen molar-refractivity contribution in [2.45, 2.75) is 13.8 Å². The first-order valence-corrected chi connectivity index (χ1v) is 12.6. The van der Waals surface area contributed by atoms with Gasteiger partial charge in [-0.3, -0.25) is 30.6 Å². The second kappa shape index (κ2) is 12.6. The Labute approximate surface area is 230 Å². The zero-order chi connectivity index (χ0) is 26.2. The maximum atomic E-state index is 12.4. The standard InChI is InChI=1S/C25H22Br2N4O4S/c1-14-5-3-4-6-19(14)24(34)28-18-9-7-16(8-10-18)23(33)30-31-25(36)29-21(32)13-35-22-15(2)11-17(26)12-20(22)27/h3-12H,13H2,1-2H3,(H,28,34)(H,30,33)(H2,29,31,32,36). The Morgan fingerprint density at radius 3 is 2.25 bits per heavy atom. The minimum absolute atomic E-state index is 0.0920. The van der Waals surface area contributed by atoms with E-state index in [0.29, 0.717) is 27.0 Å². The topological polar surface area (TPSA) is 109 Å². The number of nitrogens with one attached hydrogen (secondary N) is 4. The minimum atomic E-state index is -0.496. The van der Waals surface area contributed by atoms with Crippen molar-refractivity contribution in [3.63, 3.8) is 0 Å². The third-order valence-electron chi connectivity index (χ3n) is 4.88. The molecule has 3 aromatic carbocycles. The molecule has 0 aliphatic rings. The molecule has 0 aliphatic carbocycles. The predicted octanol–water partition coefficient (Wildman–Crippen LogP) is 4.80. The summed E-state index contributed by atoms with van der Waals surface area (Å²) in [6, 6.07) is 17.3. The van der Waals surface area contributed by atoms with E-state index in [9.17, 15) is 14.4 Å². The van der Waals surface area contributed by atoms with Crippen LogP contribution in [0.5, 0.6) is 5.75 Å². The summed E-state index contributed by atoms with van der Waals surface area (Å²) < 4.78 is 7.15. The van der Waals surface area contributed by atoms with Crippen LogP contribution in [0.2, 0.25) is 0 Å². The van der Waals surface area contributed by atoms with Gasteiger partial charge in [0.25, 0.3) is 17.7 Å². The average molecular weight is 634 g/mol. The fourth-order valence-corrected chi connectivity index (χ4v) is 4.84. The molecule has 3 amide bonds. The highest BCUT2D eigenvalue weighted by Gasteiger charge is 2.13. The fraction of sp³-hybridized carbons (Fsp3) is 0.120. The summed E-state index contributed by atoms with van der Waals surface area (Å²) in [6.45, 7) is 3.44. The van der Waals surface area contributed by atoms with Crippen LogP contribution in [0.4, 0.5) is 5.69 Å². The minimum Gasteiger partial charge on any atom is -0.482 e. The van der Waals surface area contributed by atoms with E-state index in [1.807, 2.05) is 38.1 Å². The fourth-order valence-electron chi connectivity index (χ4n) is 3.12. The van der Waals surface area contributed by atoms with Crippen molar-refractivity contribution >= 4 is 72.6 Å². The number of aryl methyl sites for hydroxylation is 2. The summed E-state index contributed by atoms with van der Waals surface area (Å²) >= 11 is 11.8. The molecule has 3 rings (SSSR count). The highest BCUT2D eigenvalue weighted by molar-refractivity contribution is 9.11. The summed E-state index contributed by atoms with van der Waals surface area (Å²) in [5, 5.41) is 5.13. The van der Waals surface area contributed by atoms with E-state index in [1.165, 1.54) is 0 Å². The van der Waals surface area contributed by atoms with E-state index in [1.54, 1.807) is 36.4 Å². The molecule has 0 heterocycles. The molecule has 8 nitrogen and oxygen atoms in total. The van der Waals surface area contributed by atoms with E-state index in [-0.39, 0.29) is 17.6 Å². The lowest BCUT2D eigenvalue weighted by Gasteiger charge is -2.13. The molecule has 0 spiro atoms. The summed E-state index contributed by atoms with van der Waals surface area (Å²) in [7, 11) is 0. The first-order chi connectivity index (χ1) is 17.1. The number of amides is 3. The molecule has 3 aromatic rings. The monoisotopic (exact) mass is 632 g/mol. The molecule has 0 saturated heterocycles. The second-order valence-electron chi connectivity index (χ2n) is 7.63. The molecular formula is C25H22Br2N4O4S. The maximum Gasteiger partial charge on any atom is 0.269 e. The number of thiocarbonyl (C=S) groups is 1. The molecule has 4 N–H and O–H groups in total. The van der Waals surface area contributed by atoms with E-state index >= 15 is 0 Å². The molecule has 0 unspecified atom stereocenters. The van der Waals surface area contributed by atoms with E-state index in [2.05, 4.69) is 53.3 Å². The summed E-state index contributed by atoms with van der Waals surface area (Å²) in [5.41, 5.74) is 8.03. The Morgan fingerprint density at radius 1 is 0.889 bits per heavy atom. The smallest absolute Gasteiger partial charge is 0.269 e. The lowest BCUT2D eigenvalue weighted by Crippen LogP contribution is -2.49. The number of ether oxygens (including phenoxy) is 1. The lowest BCUT2D eigenvalue weighted by molar-refractivity contribution is -0.121. The quantitative estimate of drug-likeness (QED) is 0.230. The number of hydrogen-bond donors (Lipinski definition) is 4. The third-order valence-corrected chi connectivity index (χ3v) is 6.13. The first-order valence-electron chi connectivity index (χ1n) is 10.6. The van der Waals surface area contributed by atoms with Crippen LogP contribution in [0.3, 0.4) is 0 Å². The van der Waals surface area contributed by atoms with Crippen LogP contribution < -0.4 is 26.2 Å². The maximum absolute atomic E-state index is 12.4. The molecule has 36 heavy (non-hydrogen) atoms. The molecule has 0 saturated carbocycles. The number of rotatable bonds is 6. The number of carbonyl (C=O) groups excluding carboxylic acids is 3. The average Bonchev–Trinajstić information content (AvgIpc) is 2.82. The molecule has 0 radical (unpaired) electrons. The third kappa shape index (κ3) is 7.61. The van der Waals surface area contributed by atoms with Gasteiger partial charge in [0.05, 0.1) is 4.47 Å². The first kappa shape index (κ1) is 27.3. The van der Waals surface area contributed by atoms with Gasteiger partial charge in [-0.2, -0.15) is 0 Å². The lowest BCUT2D eigenvalue weighted by atomic mass is 10.1. The van der Waals surface area contributed by atoms with Crippen molar-refractivity contribution in [2.24, 2.45) is 0 Å². The van der Waals surface area contributed by atoms with Crippen molar-refractivity contribution in [3.8, 4) is 5.75 Å². The van der Waals surface area contributed by atoms with Crippen LogP contribution in [-0.4, -0.2) is 29.4 Å². The normalized spacial score (nSPS) is 10.2. The molecule has 186 valence electrons. The number of anilines is 1. The second-order valence-corrected chi connectivity index (χ2v) is 9.80. The van der Waals surface area contributed by atoms with Crippen LogP contribution in [0, 0.1) is 13.8 Å². The number of hydrogen-bond acceptors (Lipinski definition) is 5. The van der Waals surface area contributed by atoms with Gasteiger partial charge >= 0.3 is 0 Å². The van der Waals surface area contributed by atoms with Gasteiger partial charge in [0.2, 0.25) is 0 Å². The van der Waals surface area contributed by atoms with Crippen molar-refractivity contribution in [2.75, 3.05) is 11.9 Å². The Hall–Kier alpha value is -3.28. The van der Waals surface area contributed by atoms with Gasteiger partial charge in [-0.1, -0.05) is 34.1 Å². The highest BCUT2D eigenvalue weighted by Crippen LogP contribution is 2.32. The molecular weight excluding hydrogens is 612 g/mol. The van der Waals surface area contributed by atoms with Crippen LogP contribution in [0.25, 0.3) is 0 Å². The number of carbonyl (C=O) groups is 3. The van der Waals surface area contributed by atoms with E-state index in [4.69, 9.17) is 17.0 Å². The van der Waals surface area contributed by atoms with Crippen LogP contribution in [0.1, 0.15) is 31.8 Å². The highest BCUT2D eigenvalue weighted by atomic mass is 79.9. The van der Waals surface area contributed by atoms with Crippen molar-refractivity contribution in [1.82, 2.24) is 16.2 Å². The van der Waals surface area contributed by atoms with Gasteiger partial charge in [-0.15, -0.1) is 0 Å². The van der Waals surface area contributed by atoms with E-state index < -0.39 is 11.8 Å².